The molecule has 1 saturated heterocycles. The highest BCUT2D eigenvalue weighted by atomic mass is 35.5. The molecule has 0 atom stereocenters. The third-order valence-corrected chi connectivity index (χ3v) is 6.32. The summed E-state index contributed by atoms with van der Waals surface area (Å²) in [6.07, 6.45) is 2.37. The Kier molecular flexibility index (Phi) is 7.36. The lowest BCUT2D eigenvalue weighted by Gasteiger charge is -2.34. The molecule has 1 aromatic heterocycles. The molecule has 7 nitrogen and oxygen atoms in total. The van der Waals surface area contributed by atoms with Crippen LogP contribution < -0.4 is 5.32 Å². The van der Waals surface area contributed by atoms with Crippen molar-refractivity contribution in [3.8, 4) is 5.69 Å². The van der Waals surface area contributed by atoms with Crippen molar-refractivity contribution >= 4 is 29.3 Å². The Labute approximate surface area is 215 Å². The van der Waals surface area contributed by atoms with Crippen molar-refractivity contribution in [1.29, 1.82) is 0 Å². The normalized spacial score (nSPS) is 14.6. The smallest absolute Gasteiger partial charge is 0.410 e. The Morgan fingerprint density at radius 2 is 1.86 bits per heavy atom. The molecule has 0 saturated carbocycles. The van der Waals surface area contributed by atoms with Crippen molar-refractivity contribution in [3.05, 3.63) is 76.3 Å². The highest BCUT2D eigenvalue weighted by Gasteiger charge is 2.32. The summed E-state index contributed by atoms with van der Waals surface area (Å²) in [5, 5.41) is 7.92. The van der Waals surface area contributed by atoms with Gasteiger partial charge in [-0.2, -0.15) is 5.10 Å². The van der Waals surface area contributed by atoms with E-state index in [2.05, 4.69) is 10.4 Å². The Balaban J connectivity index is 1.64. The molecule has 0 radical (unpaired) electrons. The molecule has 2 amide bonds. The number of carbonyl (C=O) groups excluding carboxylic acids is 2. The van der Waals surface area contributed by atoms with Gasteiger partial charge in [-0.1, -0.05) is 23.7 Å². The van der Waals surface area contributed by atoms with E-state index in [9.17, 15) is 14.0 Å². The number of hydrogen-bond acceptors (Lipinski definition) is 4. The first-order valence-electron chi connectivity index (χ1n) is 11.9. The maximum atomic E-state index is 14.0. The number of anilines is 1. The van der Waals surface area contributed by atoms with Gasteiger partial charge in [0.1, 0.15) is 11.4 Å². The highest BCUT2D eigenvalue weighted by molar-refractivity contribution is 6.31. The van der Waals surface area contributed by atoms with Gasteiger partial charge in [-0.15, -0.1) is 0 Å². The summed E-state index contributed by atoms with van der Waals surface area (Å²) in [6, 6.07) is 11.4. The van der Waals surface area contributed by atoms with Crippen LogP contribution in [0.15, 0.2) is 48.7 Å². The number of nitrogens with one attached hydrogen (secondary N) is 1. The van der Waals surface area contributed by atoms with Crippen molar-refractivity contribution in [2.24, 2.45) is 0 Å². The lowest BCUT2D eigenvalue weighted by Crippen LogP contribution is -2.41. The molecule has 0 bridgehead atoms. The van der Waals surface area contributed by atoms with E-state index in [0.717, 1.165) is 5.56 Å². The molecule has 36 heavy (non-hydrogen) atoms. The van der Waals surface area contributed by atoms with Crippen molar-refractivity contribution in [2.45, 2.75) is 52.1 Å². The average Bonchev–Trinajstić information content (AvgIpc) is 3.26. The van der Waals surface area contributed by atoms with Gasteiger partial charge in [-0.3, -0.25) is 4.79 Å². The fraction of sp³-hybridized carbons (Fsp3) is 0.370. The molecule has 1 fully saturated rings. The second-order valence-electron chi connectivity index (χ2n) is 9.99. The summed E-state index contributed by atoms with van der Waals surface area (Å²) in [6.45, 7) is 8.34. The van der Waals surface area contributed by atoms with Gasteiger partial charge in [0, 0.05) is 29.7 Å². The standard InChI is InChI=1S/C27H30ClFN4O3/c1-17-8-9-19(28)14-23(17)31-25(34)22-16-30-33(21-7-5-6-20(29)15-21)24(22)18-10-12-32(13-11-18)26(35)36-27(2,3)4/h5-9,14-16,18H,10-13H2,1-4H3,(H,31,34). The second-order valence-corrected chi connectivity index (χ2v) is 10.4. The summed E-state index contributed by atoms with van der Waals surface area (Å²) >= 11 is 6.13. The number of aromatic nitrogens is 2. The largest absolute Gasteiger partial charge is 0.444 e. The average molecular weight is 513 g/mol. The van der Waals surface area contributed by atoms with Gasteiger partial charge in [-0.25, -0.2) is 13.9 Å². The van der Waals surface area contributed by atoms with E-state index < -0.39 is 11.4 Å². The van der Waals surface area contributed by atoms with Crippen LogP contribution in [0.1, 0.15) is 61.1 Å². The zero-order valence-electron chi connectivity index (χ0n) is 20.8. The fourth-order valence-electron chi connectivity index (χ4n) is 4.32. The van der Waals surface area contributed by atoms with E-state index in [0.29, 0.717) is 53.6 Å². The molecule has 0 unspecified atom stereocenters. The summed E-state index contributed by atoms with van der Waals surface area (Å²) in [7, 11) is 0. The lowest BCUT2D eigenvalue weighted by atomic mass is 9.90. The molecule has 190 valence electrons. The number of hydrogen-bond donors (Lipinski definition) is 1. The first-order valence-corrected chi connectivity index (χ1v) is 12.3. The maximum absolute atomic E-state index is 14.0. The van der Waals surface area contributed by atoms with Crippen LogP contribution in [0.3, 0.4) is 0 Å². The quantitative estimate of drug-likeness (QED) is 0.442. The zero-order valence-corrected chi connectivity index (χ0v) is 21.6. The maximum Gasteiger partial charge on any atom is 0.410 e. The van der Waals surface area contributed by atoms with Crippen LogP contribution in [0.2, 0.25) is 5.02 Å². The number of carbonyl (C=O) groups is 2. The molecular formula is C27H30ClFN4O3. The number of rotatable bonds is 4. The fourth-order valence-corrected chi connectivity index (χ4v) is 4.49. The Hall–Kier alpha value is -3.39. The van der Waals surface area contributed by atoms with E-state index in [1.54, 1.807) is 33.8 Å². The molecule has 9 heteroatoms. The van der Waals surface area contributed by atoms with E-state index in [1.165, 1.54) is 18.3 Å². The van der Waals surface area contributed by atoms with E-state index in [4.69, 9.17) is 16.3 Å². The van der Waals surface area contributed by atoms with E-state index in [-0.39, 0.29) is 17.9 Å². The minimum absolute atomic E-state index is 0.0735. The van der Waals surface area contributed by atoms with E-state index in [1.807, 2.05) is 33.8 Å². The van der Waals surface area contributed by atoms with Crippen molar-refractivity contribution in [1.82, 2.24) is 14.7 Å². The van der Waals surface area contributed by atoms with Gasteiger partial charge < -0.3 is 15.0 Å². The van der Waals surface area contributed by atoms with Crippen molar-refractivity contribution in [2.75, 3.05) is 18.4 Å². The number of ether oxygens (including phenoxy) is 1. The first kappa shape index (κ1) is 25.7. The molecule has 1 N–H and O–H groups in total. The summed E-state index contributed by atoms with van der Waals surface area (Å²) in [4.78, 5) is 27.6. The Morgan fingerprint density at radius 3 is 2.53 bits per heavy atom. The minimum atomic E-state index is -0.576. The second kappa shape index (κ2) is 10.3. The van der Waals surface area contributed by atoms with Crippen molar-refractivity contribution in [3.63, 3.8) is 0 Å². The van der Waals surface area contributed by atoms with Crippen LogP contribution in [0.4, 0.5) is 14.9 Å². The van der Waals surface area contributed by atoms with Crippen LogP contribution in [-0.4, -0.2) is 45.4 Å². The molecule has 1 aliphatic rings. The first-order chi connectivity index (χ1) is 17.0. The third kappa shape index (κ3) is 5.87. The predicted octanol–water partition coefficient (Wildman–Crippen LogP) is 6.34. The van der Waals surface area contributed by atoms with Gasteiger partial charge in [-0.05, 0) is 76.4 Å². The number of likely N-dealkylation sites (tertiary alicyclic amines) is 1. The van der Waals surface area contributed by atoms with Gasteiger partial charge in [0.05, 0.1) is 23.1 Å². The molecule has 0 aliphatic carbocycles. The number of halogens is 2. The SMILES string of the molecule is Cc1ccc(Cl)cc1NC(=O)c1cnn(-c2cccc(F)c2)c1C1CCN(C(=O)OC(C)(C)C)CC1. The van der Waals surface area contributed by atoms with Gasteiger partial charge in [0.25, 0.3) is 5.91 Å². The zero-order chi connectivity index (χ0) is 26.0. The third-order valence-electron chi connectivity index (χ3n) is 6.09. The number of aryl methyl sites for hydroxylation is 1. The predicted molar refractivity (Wildman–Crippen MR) is 137 cm³/mol. The topological polar surface area (TPSA) is 76.5 Å². The van der Waals surface area contributed by atoms with Gasteiger partial charge >= 0.3 is 6.09 Å². The molecule has 0 spiro atoms. The molecule has 2 aromatic carbocycles. The van der Waals surface area contributed by atoms with Gasteiger partial charge in [0.2, 0.25) is 0 Å². The van der Waals surface area contributed by atoms with Crippen LogP contribution in [0.5, 0.6) is 0 Å². The van der Waals surface area contributed by atoms with Gasteiger partial charge in [0.15, 0.2) is 0 Å². The number of piperidine rings is 1. The van der Waals surface area contributed by atoms with Crippen LogP contribution >= 0.6 is 11.6 Å². The van der Waals surface area contributed by atoms with Crippen molar-refractivity contribution < 1.29 is 18.7 Å². The number of amides is 2. The Bertz CT molecular complexity index is 1280. The number of benzene rings is 2. The summed E-state index contributed by atoms with van der Waals surface area (Å²) in [5.41, 5.74) is 2.51. The molecule has 3 aromatic rings. The molecular weight excluding hydrogens is 483 g/mol. The highest BCUT2D eigenvalue weighted by Crippen LogP contribution is 2.33. The monoisotopic (exact) mass is 512 g/mol. The van der Waals surface area contributed by atoms with Crippen LogP contribution in [0.25, 0.3) is 5.69 Å². The Morgan fingerprint density at radius 1 is 1.14 bits per heavy atom. The summed E-state index contributed by atoms with van der Waals surface area (Å²) < 4.78 is 21.2. The van der Waals surface area contributed by atoms with Crippen LogP contribution in [-0.2, 0) is 4.74 Å². The minimum Gasteiger partial charge on any atom is -0.444 e. The molecule has 1 aliphatic heterocycles. The van der Waals surface area contributed by atoms with Crippen LogP contribution in [0, 0.1) is 12.7 Å². The molecule has 4 rings (SSSR count). The number of nitrogens with zero attached hydrogens (tertiary/aromatic N) is 3. The molecule has 2 heterocycles. The lowest BCUT2D eigenvalue weighted by molar-refractivity contribution is 0.0203. The van der Waals surface area contributed by atoms with E-state index >= 15 is 0 Å². The summed E-state index contributed by atoms with van der Waals surface area (Å²) in [5.74, 6) is -0.794.